The fourth-order valence-corrected chi connectivity index (χ4v) is 5.65. The molecule has 1 atom stereocenters. The van der Waals surface area contributed by atoms with E-state index in [1.807, 2.05) is 25.1 Å². The number of likely N-dealkylation sites (tertiary alicyclic amines) is 1. The van der Waals surface area contributed by atoms with Gasteiger partial charge in [-0.2, -0.15) is 5.10 Å². The van der Waals surface area contributed by atoms with Gasteiger partial charge in [-0.15, -0.1) is 0 Å². The molecule has 0 N–H and O–H groups in total. The maximum atomic E-state index is 14.3. The molecule has 4 aromatic rings. The van der Waals surface area contributed by atoms with Gasteiger partial charge in [0.05, 0.1) is 35.3 Å². The van der Waals surface area contributed by atoms with Gasteiger partial charge < -0.3 is 14.4 Å². The van der Waals surface area contributed by atoms with Crippen LogP contribution in [0.3, 0.4) is 0 Å². The molecule has 0 radical (unpaired) electrons. The number of nitrogens with zero attached hydrogens (tertiary/aromatic N) is 7. The highest BCUT2D eigenvalue weighted by Crippen LogP contribution is 2.41. The van der Waals surface area contributed by atoms with Crippen molar-refractivity contribution in [1.82, 2.24) is 34.1 Å². The molecule has 0 saturated carbocycles. The first kappa shape index (κ1) is 23.7. The second-order valence-corrected chi connectivity index (χ2v) is 10.1. The van der Waals surface area contributed by atoms with Gasteiger partial charge in [0, 0.05) is 61.4 Å². The standard InChI is InChI=1S/C27H29F2N7O/c1-5-35-12-17(13-35)26-32-24(22-14-33(3)27(37)15(2)36(22)26)18-7-6-8-21-19(18)9-20(25(28)29)23(31-21)16-10-30-34(4)11-16/h6-11,15,17,25H,5,12-14H2,1-4H3/t15-/m1/s1. The molecule has 1 aromatic carbocycles. The Morgan fingerprint density at radius 1 is 1.14 bits per heavy atom. The van der Waals surface area contributed by atoms with Gasteiger partial charge >= 0.3 is 0 Å². The smallest absolute Gasteiger partial charge is 0.265 e. The normalized spacial score (nSPS) is 18.6. The molecular formula is C27H29F2N7O. The number of benzene rings is 1. The van der Waals surface area contributed by atoms with Crippen LogP contribution in [0.15, 0.2) is 36.7 Å². The van der Waals surface area contributed by atoms with Crippen molar-refractivity contribution in [2.24, 2.45) is 7.05 Å². The van der Waals surface area contributed by atoms with Crippen LogP contribution in [0.25, 0.3) is 33.4 Å². The molecule has 8 nitrogen and oxygen atoms in total. The minimum atomic E-state index is -2.70. The molecule has 3 aromatic heterocycles. The maximum Gasteiger partial charge on any atom is 0.265 e. The van der Waals surface area contributed by atoms with Crippen LogP contribution in [0.2, 0.25) is 0 Å². The Kier molecular flexibility index (Phi) is 5.59. The molecule has 1 fully saturated rings. The monoisotopic (exact) mass is 505 g/mol. The quantitative estimate of drug-likeness (QED) is 0.402. The molecule has 5 heterocycles. The molecule has 0 spiro atoms. The van der Waals surface area contributed by atoms with Crippen molar-refractivity contribution in [3.63, 3.8) is 0 Å². The van der Waals surface area contributed by atoms with Gasteiger partial charge in [0.1, 0.15) is 11.9 Å². The second kappa shape index (κ2) is 8.72. The molecule has 10 heteroatoms. The summed E-state index contributed by atoms with van der Waals surface area (Å²) in [5, 5.41) is 4.75. The van der Waals surface area contributed by atoms with Gasteiger partial charge in [0.15, 0.2) is 0 Å². The van der Waals surface area contributed by atoms with E-state index in [-0.39, 0.29) is 29.1 Å². The van der Waals surface area contributed by atoms with Crippen LogP contribution in [0.1, 0.15) is 49.3 Å². The Bertz CT molecular complexity index is 1520. The van der Waals surface area contributed by atoms with Gasteiger partial charge in [-0.05, 0) is 25.6 Å². The summed E-state index contributed by atoms with van der Waals surface area (Å²) in [5.41, 5.74) is 3.67. The summed E-state index contributed by atoms with van der Waals surface area (Å²) in [6, 6.07) is 6.80. The molecule has 0 unspecified atom stereocenters. The largest absolute Gasteiger partial charge is 0.338 e. The van der Waals surface area contributed by atoms with Crippen LogP contribution in [-0.4, -0.2) is 66.7 Å². The number of fused-ring (bicyclic) bond motifs is 2. The Labute approximate surface area is 213 Å². The Balaban J connectivity index is 1.56. The fraction of sp³-hybridized carbons (Fsp3) is 0.407. The molecule has 192 valence electrons. The van der Waals surface area contributed by atoms with Crippen molar-refractivity contribution in [2.45, 2.75) is 38.8 Å². The maximum absolute atomic E-state index is 14.3. The number of aryl methyl sites for hydroxylation is 1. The zero-order valence-corrected chi connectivity index (χ0v) is 21.3. The number of carbonyl (C=O) groups excluding carboxylic acids is 1. The van der Waals surface area contributed by atoms with Crippen LogP contribution in [-0.2, 0) is 18.4 Å². The zero-order valence-electron chi connectivity index (χ0n) is 21.3. The Morgan fingerprint density at radius 2 is 1.92 bits per heavy atom. The minimum absolute atomic E-state index is 0.0463. The molecule has 0 bridgehead atoms. The van der Waals surface area contributed by atoms with Crippen molar-refractivity contribution < 1.29 is 13.6 Å². The molecule has 2 aliphatic rings. The lowest BCUT2D eigenvalue weighted by Gasteiger charge is -2.39. The van der Waals surface area contributed by atoms with Gasteiger partial charge in [-0.1, -0.05) is 19.1 Å². The topological polar surface area (TPSA) is 72.1 Å². The number of hydrogen-bond donors (Lipinski definition) is 0. The van der Waals surface area contributed by atoms with E-state index >= 15 is 0 Å². The molecular weight excluding hydrogens is 476 g/mol. The third-order valence-corrected chi connectivity index (χ3v) is 7.67. The summed E-state index contributed by atoms with van der Waals surface area (Å²) >= 11 is 0. The van der Waals surface area contributed by atoms with Gasteiger partial charge in [-0.25, -0.2) is 18.7 Å². The van der Waals surface area contributed by atoms with Crippen LogP contribution in [0, 0.1) is 0 Å². The Hall–Kier alpha value is -3.66. The molecule has 2 aliphatic heterocycles. The van der Waals surface area contributed by atoms with Crippen molar-refractivity contribution >= 4 is 16.8 Å². The number of hydrogen-bond acceptors (Lipinski definition) is 5. The number of alkyl halides is 2. The van der Waals surface area contributed by atoms with Crippen molar-refractivity contribution in [3.8, 4) is 22.5 Å². The zero-order chi connectivity index (χ0) is 26.0. The Morgan fingerprint density at radius 3 is 2.59 bits per heavy atom. The molecule has 1 saturated heterocycles. The minimum Gasteiger partial charge on any atom is -0.338 e. The van der Waals surface area contributed by atoms with E-state index in [2.05, 4.69) is 26.5 Å². The summed E-state index contributed by atoms with van der Waals surface area (Å²) in [5.74, 6) is 1.17. The van der Waals surface area contributed by atoms with Crippen molar-refractivity contribution in [3.05, 3.63) is 53.7 Å². The van der Waals surface area contributed by atoms with E-state index in [4.69, 9.17) is 4.98 Å². The fourth-order valence-electron chi connectivity index (χ4n) is 5.65. The van der Waals surface area contributed by atoms with Gasteiger partial charge in [-0.3, -0.25) is 9.48 Å². The van der Waals surface area contributed by atoms with Crippen LogP contribution in [0.4, 0.5) is 8.78 Å². The van der Waals surface area contributed by atoms with E-state index in [9.17, 15) is 13.6 Å². The van der Waals surface area contributed by atoms with E-state index in [1.54, 1.807) is 42.1 Å². The van der Waals surface area contributed by atoms with E-state index in [1.165, 1.54) is 0 Å². The van der Waals surface area contributed by atoms with Crippen LogP contribution < -0.4 is 0 Å². The molecule has 6 rings (SSSR count). The predicted octanol–water partition coefficient (Wildman–Crippen LogP) is 4.39. The second-order valence-electron chi connectivity index (χ2n) is 10.1. The molecule has 0 aliphatic carbocycles. The first-order valence-corrected chi connectivity index (χ1v) is 12.6. The number of carbonyl (C=O) groups is 1. The number of likely N-dealkylation sites (N-methyl/N-ethyl adjacent to an activating group) is 2. The van der Waals surface area contributed by atoms with Crippen molar-refractivity contribution in [1.29, 1.82) is 0 Å². The first-order chi connectivity index (χ1) is 17.8. The van der Waals surface area contributed by atoms with E-state index in [0.717, 1.165) is 42.4 Å². The van der Waals surface area contributed by atoms with Gasteiger partial charge in [0.2, 0.25) is 5.91 Å². The lowest BCUT2D eigenvalue weighted by molar-refractivity contribution is -0.135. The lowest BCUT2D eigenvalue weighted by Crippen LogP contribution is -2.47. The summed E-state index contributed by atoms with van der Waals surface area (Å²) < 4.78 is 32.3. The number of pyridine rings is 1. The highest BCUT2D eigenvalue weighted by atomic mass is 19.3. The lowest BCUT2D eigenvalue weighted by atomic mass is 9.98. The third kappa shape index (κ3) is 3.73. The third-order valence-electron chi connectivity index (χ3n) is 7.67. The average Bonchev–Trinajstić information content (AvgIpc) is 3.44. The average molecular weight is 506 g/mol. The van der Waals surface area contributed by atoms with Crippen LogP contribution >= 0.6 is 0 Å². The van der Waals surface area contributed by atoms with Crippen molar-refractivity contribution in [2.75, 3.05) is 26.7 Å². The van der Waals surface area contributed by atoms with E-state index in [0.29, 0.717) is 23.0 Å². The first-order valence-electron chi connectivity index (χ1n) is 12.6. The highest BCUT2D eigenvalue weighted by molar-refractivity contribution is 5.96. The van der Waals surface area contributed by atoms with E-state index < -0.39 is 6.43 Å². The highest BCUT2D eigenvalue weighted by Gasteiger charge is 2.39. The summed E-state index contributed by atoms with van der Waals surface area (Å²) in [6.45, 7) is 7.21. The predicted molar refractivity (Wildman–Crippen MR) is 136 cm³/mol. The number of amides is 1. The number of rotatable bonds is 5. The summed E-state index contributed by atoms with van der Waals surface area (Å²) in [7, 11) is 3.54. The molecule has 1 amide bonds. The summed E-state index contributed by atoms with van der Waals surface area (Å²) in [6.07, 6.45) is 0.536. The SMILES string of the molecule is CCN1CC(c2nc(-c3cccc4nc(-c5cnn(C)c5)c(C(F)F)cc34)c3n2[C@H](C)C(=O)N(C)C3)C1. The number of imidazole rings is 1. The van der Waals surface area contributed by atoms with Gasteiger partial charge in [0.25, 0.3) is 6.43 Å². The number of aromatic nitrogens is 5. The summed E-state index contributed by atoms with van der Waals surface area (Å²) in [4.78, 5) is 26.7. The molecule has 37 heavy (non-hydrogen) atoms. The van der Waals surface area contributed by atoms with Crippen LogP contribution in [0.5, 0.6) is 0 Å². The number of halogens is 2.